The van der Waals surface area contributed by atoms with Gasteiger partial charge >= 0.3 is 5.69 Å². The van der Waals surface area contributed by atoms with Crippen LogP contribution in [-0.4, -0.2) is 14.8 Å². The van der Waals surface area contributed by atoms with E-state index in [0.29, 0.717) is 16.5 Å². The van der Waals surface area contributed by atoms with Crippen LogP contribution < -0.4 is 5.69 Å². The third-order valence-electron chi connectivity index (χ3n) is 2.29. The molecule has 0 amide bonds. The Kier molecular flexibility index (Phi) is 3.48. The van der Waals surface area contributed by atoms with Gasteiger partial charge in [0.1, 0.15) is 5.82 Å². The van der Waals surface area contributed by atoms with E-state index in [4.69, 9.17) is 5.26 Å². The average molecular weight is 264 g/mol. The summed E-state index contributed by atoms with van der Waals surface area (Å²) in [7, 11) is 1.60. The minimum absolute atomic E-state index is 0.279. The van der Waals surface area contributed by atoms with E-state index in [9.17, 15) is 9.18 Å². The molecular weight excluding hydrogens is 255 g/mol. The fourth-order valence-corrected chi connectivity index (χ4v) is 2.26. The lowest BCUT2D eigenvalue weighted by atomic mass is 10.1. The number of hydrogen-bond acceptors (Lipinski definition) is 4. The highest BCUT2D eigenvalue weighted by Crippen LogP contribution is 2.20. The van der Waals surface area contributed by atoms with Crippen LogP contribution in [0.2, 0.25) is 0 Å². The quantitative estimate of drug-likeness (QED) is 0.851. The molecule has 1 aromatic carbocycles. The fourth-order valence-electron chi connectivity index (χ4n) is 1.41. The Morgan fingerprint density at radius 2 is 2.33 bits per heavy atom. The molecule has 2 rings (SSSR count). The largest absolute Gasteiger partial charge is 0.343 e. The first-order valence-corrected chi connectivity index (χ1v) is 6.02. The van der Waals surface area contributed by atoms with E-state index >= 15 is 0 Å². The molecule has 92 valence electrons. The smallest absolute Gasteiger partial charge is 0.273 e. The highest BCUT2D eigenvalue weighted by atomic mass is 32.2. The number of rotatable bonds is 3. The van der Waals surface area contributed by atoms with Gasteiger partial charge in [-0.15, -0.1) is 5.10 Å². The highest BCUT2D eigenvalue weighted by Gasteiger charge is 2.06. The van der Waals surface area contributed by atoms with E-state index in [0.717, 1.165) is 0 Å². The third kappa shape index (κ3) is 2.60. The van der Waals surface area contributed by atoms with Crippen molar-refractivity contribution in [1.82, 2.24) is 14.8 Å². The summed E-state index contributed by atoms with van der Waals surface area (Å²) < 4.78 is 14.6. The molecule has 0 spiro atoms. The zero-order valence-corrected chi connectivity index (χ0v) is 10.3. The summed E-state index contributed by atoms with van der Waals surface area (Å²) in [5, 5.41) is 15.4. The lowest BCUT2D eigenvalue weighted by Gasteiger charge is -2.02. The highest BCUT2D eigenvalue weighted by molar-refractivity contribution is 7.98. The second-order valence-corrected chi connectivity index (χ2v) is 4.56. The van der Waals surface area contributed by atoms with Crippen molar-refractivity contribution in [3.63, 3.8) is 0 Å². The molecule has 18 heavy (non-hydrogen) atoms. The number of aromatic amines is 1. The third-order valence-corrected chi connectivity index (χ3v) is 3.39. The first kappa shape index (κ1) is 12.4. The predicted octanol–water partition coefficient (Wildman–Crippen LogP) is 1.41. The lowest BCUT2D eigenvalue weighted by molar-refractivity contribution is 0.626. The van der Waals surface area contributed by atoms with Gasteiger partial charge in [0.15, 0.2) is 5.16 Å². The van der Waals surface area contributed by atoms with Crippen molar-refractivity contribution in [3.05, 3.63) is 45.6 Å². The van der Waals surface area contributed by atoms with Gasteiger partial charge in [-0.3, -0.25) is 4.57 Å². The standard InChI is InChI=1S/C11H9FN4OS/c1-16-10(17)14-15-11(16)18-6-8-2-7(5-13)3-9(12)4-8/h2-4H,6H2,1H3,(H,14,17). The van der Waals surface area contributed by atoms with E-state index in [1.165, 1.54) is 28.5 Å². The summed E-state index contributed by atoms with van der Waals surface area (Å²) in [6.07, 6.45) is 0. The molecule has 0 saturated heterocycles. The normalized spacial score (nSPS) is 10.3. The van der Waals surface area contributed by atoms with Crippen LogP contribution in [-0.2, 0) is 12.8 Å². The molecule has 5 nitrogen and oxygen atoms in total. The fraction of sp³-hybridized carbons (Fsp3) is 0.182. The maximum Gasteiger partial charge on any atom is 0.343 e. The average Bonchev–Trinajstić information content (AvgIpc) is 2.67. The van der Waals surface area contributed by atoms with Gasteiger partial charge in [-0.1, -0.05) is 11.8 Å². The zero-order valence-electron chi connectivity index (χ0n) is 9.48. The number of nitriles is 1. The predicted molar refractivity (Wildman–Crippen MR) is 64.5 cm³/mol. The Balaban J connectivity index is 2.16. The summed E-state index contributed by atoms with van der Waals surface area (Å²) in [6, 6.07) is 6.05. The van der Waals surface area contributed by atoms with E-state index in [2.05, 4.69) is 10.2 Å². The summed E-state index contributed by atoms with van der Waals surface area (Å²) in [4.78, 5) is 11.1. The first-order valence-electron chi connectivity index (χ1n) is 5.04. The lowest BCUT2D eigenvalue weighted by Crippen LogP contribution is -2.12. The number of aromatic nitrogens is 3. The van der Waals surface area contributed by atoms with Gasteiger partial charge in [-0.05, 0) is 23.8 Å². The van der Waals surface area contributed by atoms with Crippen LogP contribution in [0.3, 0.4) is 0 Å². The molecule has 1 N–H and O–H groups in total. The monoisotopic (exact) mass is 264 g/mol. The number of hydrogen-bond donors (Lipinski definition) is 1. The van der Waals surface area contributed by atoms with E-state index in [1.807, 2.05) is 6.07 Å². The maximum atomic E-state index is 13.2. The molecule has 0 fully saturated rings. The zero-order chi connectivity index (χ0) is 13.1. The molecule has 2 aromatic rings. The molecule has 0 aliphatic carbocycles. The molecule has 0 unspecified atom stereocenters. The van der Waals surface area contributed by atoms with Gasteiger partial charge in [-0.2, -0.15) is 5.26 Å². The summed E-state index contributed by atoms with van der Waals surface area (Å²) in [5.41, 5.74) is 0.656. The van der Waals surface area contributed by atoms with E-state index in [-0.39, 0.29) is 11.3 Å². The number of nitrogens with one attached hydrogen (secondary N) is 1. The Morgan fingerprint density at radius 1 is 1.56 bits per heavy atom. The second-order valence-electron chi connectivity index (χ2n) is 3.62. The van der Waals surface area contributed by atoms with Crippen LogP contribution in [0.15, 0.2) is 28.2 Å². The number of thioether (sulfide) groups is 1. The molecule has 0 saturated carbocycles. The van der Waals surface area contributed by atoms with Crippen LogP contribution in [0.25, 0.3) is 0 Å². The minimum Gasteiger partial charge on any atom is -0.273 e. The van der Waals surface area contributed by atoms with Crippen molar-refractivity contribution in [1.29, 1.82) is 5.26 Å². The molecule has 0 aliphatic rings. The van der Waals surface area contributed by atoms with Crippen molar-refractivity contribution in [2.75, 3.05) is 0 Å². The molecular formula is C11H9FN4OS. The number of H-pyrrole nitrogens is 1. The van der Waals surface area contributed by atoms with Crippen LogP contribution in [0, 0.1) is 17.1 Å². The van der Waals surface area contributed by atoms with Crippen molar-refractivity contribution < 1.29 is 4.39 Å². The van der Waals surface area contributed by atoms with Crippen LogP contribution in [0.4, 0.5) is 4.39 Å². The van der Waals surface area contributed by atoms with E-state index < -0.39 is 5.82 Å². The number of benzene rings is 1. The first-order chi connectivity index (χ1) is 8.60. The van der Waals surface area contributed by atoms with Gasteiger partial charge in [-0.25, -0.2) is 14.3 Å². The van der Waals surface area contributed by atoms with Crippen molar-refractivity contribution >= 4 is 11.8 Å². The molecule has 1 heterocycles. The SMILES string of the molecule is Cn1c(SCc2cc(F)cc(C#N)c2)n[nH]c1=O. The van der Waals surface area contributed by atoms with Gasteiger partial charge in [0.05, 0.1) is 11.6 Å². The van der Waals surface area contributed by atoms with Crippen molar-refractivity contribution in [2.45, 2.75) is 10.9 Å². The van der Waals surface area contributed by atoms with Gasteiger partial charge in [0.25, 0.3) is 0 Å². The Labute approximate surface area is 106 Å². The molecule has 0 radical (unpaired) electrons. The van der Waals surface area contributed by atoms with Gasteiger partial charge < -0.3 is 0 Å². The Morgan fingerprint density at radius 3 is 2.94 bits per heavy atom. The Hall–Kier alpha value is -2.07. The van der Waals surface area contributed by atoms with Gasteiger partial charge in [0.2, 0.25) is 0 Å². The van der Waals surface area contributed by atoms with Crippen molar-refractivity contribution in [2.24, 2.45) is 7.05 Å². The van der Waals surface area contributed by atoms with E-state index in [1.54, 1.807) is 13.1 Å². The molecule has 0 bridgehead atoms. The van der Waals surface area contributed by atoms with Crippen molar-refractivity contribution in [3.8, 4) is 6.07 Å². The second kappa shape index (κ2) is 5.06. The Bertz CT molecular complexity index is 670. The molecule has 0 aliphatic heterocycles. The van der Waals surface area contributed by atoms with Crippen LogP contribution >= 0.6 is 11.8 Å². The van der Waals surface area contributed by atoms with Gasteiger partial charge in [0, 0.05) is 12.8 Å². The summed E-state index contributed by atoms with van der Waals surface area (Å²) >= 11 is 1.29. The maximum absolute atomic E-state index is 13.2. The van der Waals surface area contributed by atoms with Crippen LogP contribution in [0.1, 0.15) is 11.1 Å². The number of halogens is 1. The molecule has 1 aromatic heterocycles. The number of nitrogens with zero attached hydrogens (tertiary/aromatic N) is 3. The van der Waals surface area contributed by atoms with Crippen LogP contribution in [0.5, 0.6) is 0 Å². The molecule has 7 heteroatoms. The molecule has 0 atom stereocenters. The summed E-state index contributed by atoms with van der Waals surface area (Å²) in [5.74, 6) is -0.00883. The minimum atomic E-state index is -0.444. The topological polar surface area (TPSA) is 74.5 Å². The summed E-state index contributed by atoms with van der Waals surface area (Å²) in [6.45, 7) is 0.